The first-order chi connectivity index (χ1) is 8.11. The lowest BCUT2D eigenvalue weighted by molar-refractivity contribution is 0.416. The van der Waals surface area contributed by atoms with Crippen LogP contribution in [0.15, 0.2) is 29.2 Å². The Morgan fingerprint density at radius 1 is 1.35 bits per heavy atom. The van der Waals surface area contributed by atoms with Crippen LogP contribution >= 0.6 is 0 Å². The van der Waals surface area contributed by atoms with Gasteiger partial charge in [0.05, 0.1) is 7.11 Å². The van der Waals surface area contributed by atoms with Crippen molar-refractivity contribution >= 4 is 5.82 Å². The topological polar surface area (TPSA) is 81.0 Å². The number of H-pyrrole nitrogens is 1. The number of aromatic amines is 1. The molecule has 0 amide bonds. The van der Waals surface area contributed by atoms with Gasteiger partial charge < -0.3 is 10.5 Å². The molecule has 0 spiro atoms. The van der Waals surface area contributed by atoms with Crippen LogP contribution in [0.25, 0.3) is 11.1 Å². The molecular weight excluding hydrogens is 218 g/mol. The van der Waals surface area contributed by atoms with Crippen LogP contribution in [0.1, 0.15) is 5.56 Å². The Morgan fingerprint density at radius 2 is 2.12 bits per heavy atom. The summed E-state index contributed by atoms with van der Waals surface area (Å²) in [5, 5.41) is 0. The van der Waals surface area contributed by atoms with Crippen molar-refractivity contribution in [2.24, 2.45) is 0 Å². The summed E-state index contributed by atoms with van der Waals surface area (Å²) < 4.78 is 5.26. The van der Waals surface area contributed by atoms with Gasteiger partial charge in [0.2, 0.25) is 0 Å². The largest absolute Gasteiger partial charge is 0.496 e. The van der Waals surface area contributed by atoms with Gasteiger partial charge in [-0.1, -0.05) is 11.6 Å². The van der Waals surface area contributed by atoms with E-state index in [1.807, 2.05) is 25.1 Å². The second-order valence-corrected chi connectivity index (χ2v) is 3.72. The summed E-state index contributed by atoms with van der Waals surface area (Å²) in [6.07, 6.45) is 1.45. The van der Waals surface area contributed by atoms with E-state index in [1.54, 1.807) is 7.11 Å². The standard InChI is InChI=1S/C12H13N3O2/c1-7-3-4-10(17-2)8(5-7)9-6-14-12(16)15-11(9)13/h3-6H,1-2H3,(H3,13,14,15,16). The molecule has 0 saturated carbocycles. The van der Waals surface area contributed by atoms with E-state index in [1.165, 1.54) is 6.20 Å². The molecule has 88 valence electrons. The quantitative estimate of drug-likeness (QED) is 0.817. The Bertz CT molecular complexity index is 605. The van der Waals surface area contributed by atoms with Crippen LogP contribution < -0.4 is 16.2 Å². The highest BCUT2D eigenvalue weighted by Gasteiger charge is 2.10. The summed E-state index contributed by atoms with van der Waals surface area (Å²) in [6, 6.07) is 5.73. The Balaban J connectivity index is 2.66. The van der Waals surface area contributed by atoms with Gasteiger partial charge in [-0.25, -0.2) is 9.78 Å². The average molecular weight is 231 g/mol. The maximum absolute atomic E-state index is 11.0. The Morgan fingerprint density at radius 3 is 2.76 bits per heavy atom. The zero-order chi connectivity index (χ0) is 12.4. The number of benzene rings is 1. The van der Waals surface area contributed by atoms with E-state index in [2.05, 4.69) is 9.97 Å². The summed E-state index contributed by atoms with van der Waals surface area (Å²) in [5.74, 6) is 0.977. The molecule has 3 N–H and O–H groups in total. The molecule has 1 aromatic carbocycles. The maximum Gasteiger partial charge on any atom is 0.346 e. The molecule has 1 heterocycles. The summed E-state index contributed by atoms with van der Waals surface area (Å²) in [4.78, 5) is 17.2. The lowest BCUT2D eigenvalue weighted by Gasteiger charge is -2.10. The molecule has 0 unspecified atom stereocenters. The zero-order valence-corrected chi connectivity index (χ0v) is 9.65. The number of nitrogens with two attached hydrogens (primary N) is 1. The Kier molecular flexibility index (Phi) is 2.82. The third kappa shape index (κ3) is 2.13. The number of hydrogen-bond donors (Lipinski definition) is 2. The first-order valence-corrected chi connectivity index (χ1v) is 5.11. The van der Waals surface area contributed by atoms with Crippen molar-refractivity contribution in [3.05, 3.63) is 40.4 Å². The predicted molar refractivity (Wildman–Crippen MR) is 66.0 cm³/mol. The van der Waals surface area contributed by atoms with Gasteiger partial charge >= 0.3 is 5.69 Å². The molecule has 0 aliphatic heterocycles. The fraction of sp³-hybridized carbons (Fsp3) is 0.167. The molecule has 17 heavy (non-hydrogen) atoms. The van der Waals surface area contributed by atoms with Crippen LogP contribution in [0.4, 0.5) is 5.82 Å². The Hall–Kier alpha value is -2.30. The second kappa shape index (κ2) is 4.29. The summed E-state index contributed by atoms with van der Waals surface area (Å²) in [5.41, 5.74) is 7.86. The van der Waals surface area contributed by atoms with Crippen molar-refractivity contribution in [1.29, 1.82) is 0 Å². The smallest absolute Gasteiger partial charge is 0.346 e. The van der Waals surface area contributed by atoms with Crippen LogP contribution in [-0.2, 0) is 0 Å². The van der Waals surface area contributed by atoms with E-state index < -0.39 is 5.69 Å². The third-order valence-corrected chi connectivity index (χ3v) is 2.49. The molecule has 5 nitrogen and oxygen atoms in total. The first kappa shape index (κ1) is 11.2. The lowest BCUT2D eigenvalue weighted by Crippen LogP contribution is -2.12. The second-order valence-electron chi connectivity index (χ2n) is 3.72. The minimum Gasteiger partial charge on any atom is -0.496 e. The SMILES string of the molecule is COc1ccc(C)cc1-c1cnc(=O)[nH]c1N. The number of aromatic nitrogens is 2. The van der Waals surface area contributed by atoms with Crippen molar-refractivity contribution < 1.29 is 4.74 Å². The van der Waals surface area contributed by atoms with Crippen LogP contribution in [0, 0.1) is 6.92 Å². The van der Waals surface area contributed by atoms with Crippen LogP contribution in [0.5, 0.6) is 5.75 Å². The third-order valence-electron chi connectivity index (χ3n) is 2.49. The van der Waals surface area contributed by atoms with Crippen LogP contribution in [0.3, 0.4) is 0 Å². The number of nitrogen functional groups attached to an aromatic ring is 1. The number of methoxy groups -OCH3 is 1. The monoisotopic (exact) mass is 231 g/mol. The average Bonchev–Trinajstić information content (AvgIpc) is 2.29. The molecule has 1 aromatic heterocycles. The predicted octanol–water partition coefficient (Wildman–Crippen LogP) is 1.34. The number of nitrogens with zero attached hydrogens (tertiary/aromatic N) is 1. The van der Waals surface area contributed by atoms with E-state index in [9.17, 15) is 4.79 Å². The van der Waals surface area contributed by atoms with Gasteiger partial charge in [0.1, 0.15) is 11.6 Å². The van der Waals surface area contributed by atoms with Crippen molar-refractivity contribution in [2.45, 2.75) is 6.92 Å². The van der Waals surface area contributed by atoms with Crippen molar-refractivity contribution in [1.82, 2.24) is 9.97 Å². The molecule has 2 aromatic rings. The fourth-order valence-electron chi connectivity index (χ4n) is 1.65. The fourth-order valence-corrected chi connectivity index (χ4v) is 1.65. The van der Waals surface area contributed by atoms with Crippen LogP contribution in [0.2, 0.25) is 0 Å². The number of rotatable bonds is 2. The first-order valence-electron chi connectivity index (χ1n) is 5.11. The highest BCUT2D eigenvalue weighted by atomic mass is 16.5. The number of aryl methyl sites for hydroxylation is 1. The normalized spacial score (nSPS) is 10.2. The summed E-state index contributed by atoms with van der Waals surface area (Å²) in [7, 11) is 1.59. The van der Waals surface area contributed by atoms with E-state index in [0.29, 0.717) is 11.3 Å². The number of hydrogen-bond acceptors (Lipinski definition) is 4. The zero-order valence-electron chi connectivity index (χ0n) is 9.65. The van der Waals surface area contributed by atoms with Crippen LogP contribution in [-0.4, -0.2) is 17.1 Å². The summed E-state index contributed by atoms with van der Waals surface area (Å²) in [6.45, 7) is 1.97. The summed E-state index contributed by atoms with van der Waals surface area (Å²) >= 11 is 0. The minimum atomic E-state index is -0.460. The molecule has 0 aliphatic rings. The minimum absolute atomic E-state index is 0.286. The van der Waals surface area contributed by atoms with E-state index in [0.717, 1.165) is 11.1 Å². The molecule has 0 bridgehead atoms. The molecule has 0 radical (unpaired) electrons. The van der Waals surface area contributed by atoms with Crippen molar-refractivity contribution in [2.75, 3.05) is 12.8 Å². The van der Waals surface area contributed by atoms with Gasteiger partial charge in [-0.15, -0.1) is 0 Å². The number of ether oxygens (including phenoxy) is 1. The Labute approximate surface area is 98.3 Å². The molecule has 0 fully saturated rings. The highest BCUT2D eigenvalue weighted by molar-refractivity contribution is 5.78. The van der Waals surface area contributed by atoms with E-state index >= 15 is 0 Å². The van der Waals surface area contributed by atoms with E-state index in [-0.39, 0.29) is 5.82 Å². The van der Waals surface area contributed by atoms with Crippen molar-refractivity contribution in [3.63, 3.8) is 0 Å². The molecule has 0 atom stereocenters. The molecule has 5 heteroatoms. The van der Waals surface area contributed by atoms with Crippen molar-refractivity contribution in [3.8, 4) is 16.9 Å². The van der Waals surface area contributed by atoms with Gasteiger partial charge in [0.15, 0.2) is 0 Å². The number of nitrogens with one attached hydrogen (secondary N) is 1. The van der Waals surface area contributed by atoms with Gasteiger partial charge in [-0.05, 0) is 19.1 Å². The lowest BCUT2D eigenvalue weighted by atomic mass is 10.0. The maximum atomic E-state index is 11.0. The van der Waals surface area contributed by atoms with Gasteiger partial charge in [-0.3, -0.25) is 4.98 Å². The molecular formula is C12H13N3O2. The van der Waals surface area contributed by atoms with Gasteiger partial charge in [0.25, 0.3) is 0 Å². The highest BCUT2D eigenvalue weighted by Crippen LogP contribution is 2.32. The number of anilines is 1. The van der Waals surface area contributed by atoms with Gasteiger partial charge in [-0.2, -0.15) is 0 Å². The molecule has 0 saturated heterocycles. The molecule has 0 aliphatic carbocycles. The van der Waals surface area contributed by atoms with Gasteiger partial charge in [0, 0.05) is 17.3 Å². The van der Waals surface area contributed by atoms with E-state index in [4.69, 9.17) is 10.5 Å². The molecule has 2 rings (SSSR count).